The van der Waals surface area contributed by atoms with Crippen LogP contribution in [-0.4, -0.2) is 40.8 Å². The third kappa shape index (κ3) is 4.03. The Morgan fingerprint density at radius 1 is 1.23 bits per heavy atom. The van der Waals surface area contributed by atoms with E-state index in [1.165, 1.54) is 11.1 Å². The molecule has 4 N–H and O–H groups in total. The van der Waals surface area contributed by atoms with Gasteiger partial charge in [0.25, 0.3) is 0 Å². The predicted molar refractivity (Wildman–Crippen MR) is 115 cm³/mol. The molecule has 0 amide bonds. The van der Waals surface area contributed by atoms with Crippen LogP contribution in [0.3, 0.4) is 0 Å². The second-order valence-corrected chi connectivity index (χ2v) is 9.57. The molecule has 1 aromatic carbocycles. The van der Waals surface area contributed by atoms with E-state index in [-0.39, 0.29) is 24.6 Å². The SMILES string of the molecule is NS(=O)(=O)OC[C@@H]1C[C@@H](n2ccc3c(NC4CCc5ccccc54)ncnc32)CC1O. The Morgan fingerprint density at radius 2 is 2.06 bits per heavy atom. The number of rotatable bonds is 6. The number of nitrogens with two attached hydrogens (primary N) is 1. The Kier molecular flexibility index (Phi) is 5.17. The van der Waals surface area contributed by atoms with E-state index in [2.05, 4.69) is 39.6 Å². The Balaban J connectivity index is 1.37. The Hall–Kier alpha value is -2.53. The van der Waals surface area contributed by atoms with Crippen LogP contribution < -0.4 is 10.5 Å². The van der Waals surface area contributed by atoms with Gasteiger partial charge in [-0.3, -0.25) is 4.18 Å². The van der Waals surface area contributed by atoms with Crippen molar-refractivity contribution in [3.8, 4) is 0 Å². The van der Waals surface area contributed by atoms with Crippen LogP contribution in [0.1, 0.15) is 42.5 Å². The summed E-state index contributed by atoms with van der Waals surface area (Å²) in [4.78, 5) is 8.97. The van der Waals surface area contributed by atoms with Crippen LogP contribution in [0, 0.1) is 5.92 Å². The average Bonchev–Trinajstić information content (AvgIpc) is 3.43. The smallest absolute Gasteiger partial charge is 0.333 e. The summed E-state index contributed by atoms with van der Waals surface area (Å²) >= 11 is 0. The highest BCUT2D eigenvalue weighted by Crippen LogP contribution is 2.39. The van der Waals surface area contributed by atoms with Gasteiger partial charge >= 0.3 is 10.3 Å². The van der Waals surface area contributed by atoms with Gasteiger partial charge in [-0.2, -0.15) is 8.42 Å². The van der Waals surface area contributed by atoms with Crippen molar-refractivity contribution in [2.75, 3.05) is 11.9 Å². The quantitative estimate of drug-likeness (QED) is 0.531. The molecular weight excluding hydrogens is 418 g/mol. The van der Waals surface area contributed by atoms with Crippen molar-refractivity contribution in [1.82, 2.24) is 14.5 Å². The van der Waals surface area contributed by atoms with E-state index < -0.39 is 16.4 Å². The Labute approximate surface area is 180 Å². The summed E-state index contributed by atoms with van der Waals surface area (Å²) in [5.74, 6) is 0.480. The molecule has 1 fully saturated rings. The van der Waals surface area contributed by atoms with E-state index in [4.69, 9.17) is 9.32 Å². The number of hydrogen-bond acceptors (Lipinski definition) is 7. The van der Waals surface area contributed by atoms with E-state index in [0.29, 0.717) is 12.8 Å². The van der Waals surface area contributed by atoms with Gasteiger partial charge in [-0.1, -0.05) is 24.3 Å². The highest BCUT2D eigenvalue weighted by Gasteiger charge is 2.35. The van der Waals surface area contributed by atoms with Gasteiger partial charge < -0.3 is 15.0 Å². The van der Waals surface area contributed by atoms with Crippen LogP contribution >= 0.6 is 0 Å². The Bertz CT molecular complexity index is 1210. The van der Waals surface area contributed by atoms with Gasteiger partial charge in [0, 0.05) is 18.2 Å². The van der Waals surface area contributed by atoms with Crippen LogP contribution in [0.25, 0.3) is 11.0 Å². The zero-order chi connectivity index (χ0) is 21.6. The number of hydrogen-bond donors (Lipinski definition) is 3. The molecule has 5 rings (SSSR count). The van der Waals surface area contributed by atoms with Crippen LogP contribution in [0.5, 0.6) is 0 Å². The molecule has 2 heterocycles. The summed E-state index contributed by atoms with van der Waals surface area (Å²) in [6, 6.07) is 10.6. The molecule has 164 valence electrons. The van der Waals surface area contributed by atoms with Crippen molar-refractivity contribution in [1.29, 1.82) is 0 Å². The fraction of sp³-hybridized carbons (Fsp3) is 0.429. The highest BCUT2D eigenvalue weighted by molar-refractivity contribution is 7.84. The van der Waals surface area contributed by atoms with E-state index >= 15 is 0 Å². The molecule has 2 unspecified atom stereocenters. The van der Waals surface area contributed by atoms with Crippen molar-refractivity contribution in [3.05, 3.63) is 54.0 Å². The largest absolute Gasteiger partial charge is 0.393 e. The van der Waals surface area contributed by atoms with E-state index in [1.54, 1.807) is 6.33 Å². The minimum Gasteiger partial charge on any atom is -0.393 e. The van der Waals surface area contributed by atoms with Crippen LogP contribution in [0.2, 0.25) is 0 Å². The number of anilines is 1. The van der Waals surface area contributed by atoms with Crippen LogP contribution in [0.15, 0.2) is 42.9 Å². The lowest BCUT2D eigenvalue weighted by atomic mass is 10.1. The van der Waals surface area contributed by atoms with Gasteiger partial charge in [0.2, 0.25) is 0 Å². The van der Waals surface area contributed by atoms with Gasteiger partial charge in [0.05, 0.1) is 24.1 Å². The van der Waals surface area contributed by atoms with E-state index in [0.717, 1.165) is 29.7 Å². The van der Waals surface area contributed by atoms with Crippen molar-refractivity contribution < 1.29 is 17.7 Å². The molecule has 2 aromatic heterocycles. The summed E-state index contributed by atoms with van der Waals surface area (Å²) in [6.07, 6.45) is 5.96. The summed E-state index contributed by atoms with van der Waals surface area (Å²) in [5, 5.41) is 19.8. The van der Waals surface area contributed by atoms with E-state index in [9.17, 15) is 13.5 Å². The zero-order valence-electron chi connectivity index (χ0n) is 16.9. The maximum atomic E-state index is 11.1. The van der Waals surface area contributed by atoms with Crippen LogP contribution in [0.4, 0.5) is 5.82 Å². The second kappa shape index (κ2) is 7.86. The number of aliphatic hydroxyl groups excluding tert-OH is 1. The van der Waals surface area contributed by atoms with Crippen molar-refractivity contribution in [2.45, 2.75) is 43.9 Å². The molecule has 2 aliphatic rings. The fourth-order valence-corrected chi connectivity index (χ4v) is 5.28. The predicted octanol–water partition coefficient (Wildman–Crippen LogP) is 2.06. The maximum absolute atomic E-state index is 11.1. The summed E-state index contributed by atoms with van der Waals surface area (Å²) in [5.41, 5.74) is 3.47. The number of aliphatic hydroxyl groups is 1. The topological polar surface area (TPSA) is 132 Å². The molecule has 0 spiro atoms. The number of aryl methyl sites for hydroxylation is 1. The van der Waals surface area contributed by atoms with Gasteiger partial charge in [0.1, 0.15) is 17.8 Å². The van der Waals surface area contributed by atoms with Crippen molar-refractivity contribution in [3.63, 3.8) is 0 Å². The average molecular weight is 444 g/mol. The summed E-state index contributed by atoms with van der Waals surface area (Å²) in [6.45, 7) is -0.126. The second-order valence-electron chi connectivity index (χ2n) is 8.35. The highest BCUT2D eigenvalue weighted by atomic mass is 32.2. The number of fused-ring (bicyclic) bond motifs is 2. The summed E-state index contributed by atoms with van der Waals surface area (Å²) in [7, 11) is -4.03. The van der Waals surface area contributed by atoms with Gasteiger partial charge in [0.15, 0.2) is 0 Å². The summed E-state index contributed by atoms with van der Waals surface area (Å²) < 4.78 is 28.9. The molecule has 0 aliphatic heterocycles. The first-order chi connectivity index (χ1) is 14.9. The van der Waals surface area contributed by atoms with Gasteiger partial charge in [-0.05, 0) is 42.9 Å². The molecule has 1 saturated carbocycles. The first-order valence-corrected chi connectivity index (χ1v) is 11.9. The number of benzene rings is 1. The molecule has 0 radical (unpaired) electrons. The molecule has 0 bridgehead atoms. The van der Waals surface area contributed by atoms with Crippen molar-refractivity contribution >= 4 is 27.2 Å². The normalized spacial score (nSPS) is 25.7. The fourth-order valence-electron chi connectivity index (χ4n) is 4.92. The molecule has 10 heteroatoms. The Morgan fingerprint density at radius 3 is 2.90 bits per heavy atom. The van der Waals surface area contributed by atoms with Crippen molar-refractivity contribution in [2.24, 2.45) is 11.1 Å². The molecule has 4 atom stereocenters. The lowest BCUT2D eigenvalue weighted by molar-refractivity contribution is 0.100. The third-order valence-electron chi connectivity index (χ3n) is 6.43. The third-order valence-corrected chi connectivity index (χ3v) is 6.89. The van der Waals surface area contributed by atoms with Gasteiger partial charge in [-0.15, -0.1) is 0 Å². The van der Waals surface area contributed by atoms with Crippen LogP contribution in [-0.2, 0) is 20.9 Å². The molecule has 9 nitrogen and oxygen atoms in total. The molecule has 2 aliphatic carbocycles. The first kappa shape index (κ1) is 20.4. The standard InChI is InChI=1S/C21H25N5O4S/c22-31(28,29)30-11-14-9-15(10-19(14)27)26-8-7-17-20(23-12-24-21(17)26)25-18-6-5-13-3-1-2-4-16(13)18/h1-4,7-8,12,14-15,18-19,27H,5-6,9-11H2,(H2,22,28,29)(H,23,24,25)/t14-,15+,18?,19?/m0/s1. The van der Waals surface area contributed by atoms with Gasteiger partial charge in [-0.25, -0.2) is 15.1 Å². The number of nitrogens with one attached hydrogen (secondary N) is 1. The number of aromatic nitrogens is 3. The minimum atomic E-state index is -4.03. The maximum Gasteiger partial charge on any atom is 0.333 e. The first-order valence-electron chi connectivity index (χ1n) is 10.4. The minimum absolute atomic E-state index is 0.0171. The monoisotopic (exact) mass is 443 g/mol. The lowest BCUT2D eigenvalue weighted by Crippen LogP contribution is -2.24. The molecule has 31 heavy (non-hydrogen) atoms. The molecule has 3 aromatic rings. The zero-order valence-corrected chi connectivity index (χ0v) is 17.7. The lowest BCUT2D eigenvalue weighted by Gasteiger charge is -2.16. The molecule has 0 saturated heterocycles. The van der Waals surface area contributed by atoms with E-state index in [1.807, 2.05) is 16.8 Å². The number of nitrogens with zero attached hydrogens (tertiary/aromatic N) is 3. The molecular formula is C21H25N5O4S.